The number of hydrogen-bond donors (Lipinski definition) is 1. The number of para-hydroxylation sites is 1. The Morgan fingerprint density at radius 3 is 2.32 bits per heavy atom. The number of methoxy groups -OCH3 is 1. The van der Waals surface area contributed by atoms with E-state index in [0.717, 1.165) is 41.3 Å². The molecule has 0 saturated heterocycles. The fourth-order valence-electron chi connectivity index (χ4n) is 3.15. The maximum Gasteiger partial charge on any atom is 0.166 e. The molecule has 0 aliphatic rings. The first-order valence-electron chi connectivity index (χ1n) is 10.2. The van der Waals surface area contributed by atoms with Crippen LogP contribution < -0.4 is 19.5 Å². The van der Waals surface area contributed by atoms with Gasteiger partial charge in [0, 0.05) is 22.7 Å². The summed E-state index contributed by atoms with van der Waals surface area (Å²) in [5.74, 6) is 2.38. The molecular formula is C25H29Cl2NO3. The van der Waals surface area contributed by atoms with E-state index >= 15 is 0 Å². The summed E-state index contributed by atoms with van der Waals surface area (Å²) in [5.41, 5.74) is 3.27. The molecule has 0 amide bonds. The number of benzene rings is 3. The van der Waals surface area contributed by atoms with Gasteiger partial charge in [-0.2, -0.15) is 0 Å². The van der Waals surface area contributed by atoms with E-state index in [4.69, 9.17) is 25.8 Å². The molecule has 0 saturated carbocycles. The molecule has 0 fully saturated rings. The van der Waals surface area contributed by atoms with E-state index in [-0.39, 0.29) is 12.4 Å². The molecule has 3 aromatic carbocycles. The summed E-state index contributed by atoms with van der Waals surface area (Å²) in [4.78, 5) is 0. The molecular weight excluding hydrogens is 433 g/mol. The minimum atomic E-state index is 0. The van der Waals surface area contributed by atoms with Gasteiger partial charge in [0.1, 0.15) is 12.4 Å². The molecule has 3 aromatic rings. The predicted octanol–water partition coefficient (Wildman–Crippen LogP) is 6.08. The second-order valence-electron chi connectivity index (χ2n) is 6.83. The number of halogens is 2. The minimum Gasteiger partial charge on any atom is -0.497 e. The zero-order valence-electron chi connectivity index (χ0n) is 17.9. The molecule has 6 heteroatoms. The van der Waals surface area contributed by atoms with Gasteiger partial charge in [-0.25, -0.2) is 0 Å². The van der Waals surface area contributed by atoms with Crippen molar-refractivity contribution in [3.05, 3.63) is 88.4 Å². The smallest absolute Gasteiger partial charge is 0.166 e. The monoisotopic (exact) mass is 461 g/mol. The molecule has 0 bridgehead atoms. The van der Waals surface area contributed by atoms with Gasteiger partial charge in [0.05, 0.1) is 13.7 Å². The van der Waals surface area contributed by atoms with Gasteiger partial charge in [0.25, 0.3) is 0 Å². The molecule has 1 N–H and O–H groups in total. The molecule has 31 heavy (non-hydrogen) atoms. The van der Waals surface area contributed by atoms with Crippen molar-refractivity contribution in [1.29, 1.82) is 0 Å². The normalized spacial score (nSPS) is 10.3. The maximum atomic E-state index is 6.28. The van der Waals surface area contributed by atoms with Gasteiger partial charge in [-0.3, -0.25) is 0 Å². The largest absolute Gasteiger partial charge is 0.497 e. The van der Waals surface area contributed by atoms with Crippen molar-refractivity contribution in [3.63, 3.8) is 0 Å². The van der Waals surface area contributed by atoms with Crippen LogP contribution in [0.2, 0.25) is 5.02 Å². The van der Waals surface area contributed by atoms with Gasteiger partial charge >= 0.3 is 0 Å². The highest BCUT2D eigenvalue weighted by Gasteiger charge is 2.12. The Hall–Kier alpha value is -2.40. The van der Waals surface area contributed by atoms with Crippen LogP contribution in [-0.2, 0) is 19.6 Å². The highest BCUT2D eigenvalue weighted by atomic mass is 35.5. The Morgan fingerprint density at radius 1 is 0.871 bits per heavy atom. The van der Waals surface area contributed by atoms with Crippen molar-refractivity contribution < 1.29 is 14.2 Å². The lowest BCUT2D eigenvalue weighted by atomic mass is 10.1. The summed E-state index contributed by atoms with van der Waals surface area (Å²) in [6.45, 7) is 4.49. The van der Waals surface area contributed by atoms with Gasteiger partial charge < -0.3 is 19.5 Å². The summed E-state index contributed by atoms with van der Waals surface area (Å²) >= 11 is 6.28. The number of rotatable bonds is 11. The van der Waals surface area contributed by atoms with Crippen molar-refractivity contribution in [2.24, 2.45) is 0 Å². The highest BCUT2D eigenvalue weighted by Crippen LogP contribution is 2.32. The molecule has 0 radical (unpaired) electrons. The van der Waals surface area contributed by atoms with Gasteiger partial charge in [0.15, 0.2) is 11.5 Å². The fourth-order valence-corrected chi connectivity index (χ4v) is 3.34. The van der Waals surface area contributed by atoms with Gasteiger partial charge in [-0.15, -0.1) is 12.4 Å². The lowest BCUT2D eigenvalue weighted by Crippen LogP contribution is -2.17. The maximum absolute atomic E-state index is 6.28. The van der Waals surface area contributed by atoms with Crippen molar-refractivity contribution in [2.45, 2.75) is 26.5 Å². The van der Waals surface area contributed by atoms with Crippen LogP contribution in [0.4, 0.5) is 0 Å². The Kier molecular flexibility index (Phi) is 10.5. The summed E-state index contributed by atoms with van der Waals surface area (Å²) in [6, 6.07) is 21.9. The Labute approximate surface area is 195 Å². The van der Waals surface area contributed by atoms with E-state index in [9.17, 15) is 0 Å². The summed E-state index contributed by atoms with van der Waals surface area (Å²) in [7, 11) is 1.68. The zero-order valence-corrected chi connectivity index (χ0v) is 19.5. The average Bonchev–Trinajstić information content (AvgIpc) is 2.78. The van der Waals surface area contributed by atoms with Crippen LogP contribution in [0.15, 0.2) is 66.7 Å². The summed E-state index contributed by atoms with van der Waals surface area (Å²) in [6.07, 6.45) is 0.935. The SMILES string of the molecule is CCOc1cccc(CNCCc2ccc(OC)cc2)c1OCc1ccccc1Cl.Cl. The van der Waals surface area contributed by atoms with Gasteiger partial charge in [0.2, 0.25) is 0 Å². The van der Waals surface area contributed by atoms with Crippen LogP contribution in [0, 0.1) is 0 Å². The Bertz CT molecular complexity index is 932. The molecule has 0 spiro atoms. The average molecular weight is 462 g/mol. The molecule has 0 aliphatic heterocycles. The molecule has 0 unspecified atom stereocenters. The van der Waals surface area contributed by atoms with E-state index in [2.05, 4.69) is 23.5 Å². The quantitative estimate of drug-likeness (QED) is 0.351. The molecule has 0 aliphatic carbocycles. The third-order valence-corrected chi connectivity index (χ3v) is 5.12. The first kappa shape index (κ1) is 24.9. The van der Waals surface area contributed by atoms with Gasteiger partial charge in [-0.05, 0) is 49.7 Å². The topological polar surface area (TPSA) is 39.7 Å². The van der Waals surface area contributed by atoms with Crippen LogP contribution in [0.1, 0.15) is 23.6 Å². The molecule has 166 valence electrons. The van der Waals surface area contributed by atoms with Crippen LogP contribution in [-0.4, -0.2) is 20.3 Å². The van der Waals surface area contributed by atoms with Gasteiger partial charge in [-0.1, -0.05) is 54.1 Å². The van der Waals surface area contributed by atoms with E-state index in [1.165, 1.54) is 5.56 Å². The van der Waals surface area contributed by atoms with Crippen molar-refractivity contribution in [1.82, 2.24) is 5.32 Å². The molecule has 0 atom stereocenters. The second kappa shape index (κ2) is 13.1. The van der Waals surface area contributed by atoms with Crippen LogP contribution in [0.3, 0.4) is 0 Å². The summed E-state index contributed by atoms with van der Waals surface area (Å²) < 4.78 is 17.2. The van der Waals surface area contributed by atoms with E-state index < -0.39 is 0 Å². The Balaban J connectivity index is 0.00000341. The summed E-state index contributed by atoms with van der Waals surface area (Å²) in [5, 5.41) is 4.20. The number of ether oxygens (including phenoxy) is 3. The Morgan fingerprint density at radius 2 is 1.61 bits per heavy atom. The predicted molar refractivity (Wildman–Crippen MR) is 129 cm³/mol. The van der Waals surface area contributed by atoms with E-state index in [1.54, 1.807) is 7.11 Å². The van der Waals surface area contributed by atoms with Crippen molar-refractivity contribution in [2.75, 3.05) is 20.3 Å². The first-order valence-corrected chi connectivity index (χ1v) is 10.5. The van der Waals surface area contributed by atoms with Crippen LogP contribution in [0.25, 0.3) is 0 Å². The molecule has 4 nitrogen and oxygen atoms in total. The second-order valence-corrected chi connectivity index (χ2v) is 7.24. The fraction of sp³-hybridized carbons (Fsp3) is 0.280. The van der Waals surface area contributed by atoms with E-state index in [0.29, 0.717) is 24.8 Å². The standard InChI is InChI=1S/C25H28ClNO3.ClH/c1-3-29-24-10-6-8-20(25(24)30-18-21-7-4-5-9-23(21)26)17-27-16-15-19-11-13-22(28-2)14-12-19;/h4-14,27H,3,15-18H2,1-2H3;1H. The molecule has 0 aromatic heterocycles. The minimum absolute atomic E-state index is 0. The van der Waals surface area contributed by atoms with Crippen molar-refractivity contribution >= 4 is 24.0 Å². The lowest BCUT2D eigenvalue weighted by Gasteiger charge is -2.17. The van der Waals surface area contributed by atoms with E-state index in [1.807, 2.05) is 55.5 Å². The van der Waals surface area contributed by atoms with Crippen LogP contribution >= 0.6 is 24.0 Å². The zero-order chi connectivity index (χ0) is 21.2. The molecule has 0 heterocycles. The molecule has 3 rings (SSSR count). The first-order chi connectivity index (χ1) is 14.7. The third-order valence-electron chi connectivity index (χ3n) is 4.76. The third kappa shape index (κ3) is 7.35. The van der Waals surface area contributed by atoms with Crippen LogP contribution in [0.5, 0.6) is 17.2 Å². The number of hydrogen-bond acceptors (Lipinski definition) is 4. The van der Waals surface area contributed by atoms with Crippen molar-refractivity contribution in [3.8, 4) is 17.2 Å². The number of nitrogens with one attached hydrogen (secondary N) is 1. The lowest BCUT2D eigenvalue weighted by molar-refractivity contribution is 0.266. The highest BCUT2D eigenvalue weighted by molar-refractivity contribution is 6.31.